The van der Waals surface area contributed by atoms with Gasteiger partial charge in [0, 0.05) is 24.6 Å². The van der Waals surface area contributed by atoms with Crippen LogP contribution >= 0.6 is 15.9 Å². The number of nitrogens with one attached hydrogen (secondary N) is 1. The van der Waals surface area contributed by atoms with Crippen LogP contribution in [0.3, 0.4) is 0 Å². The molecule has 0 saturated carbocycles. The molecule has 146 valence electrons. The Morgan fingerprint density at radius 3 is 2.30 bits per heavy atom. The van der Waals surface area contributed by atoms with Gasteiger partial charge in [0.15, 0.2) is 0 Å². The third kappa shape index (κ3) is 6.42. The number of nitrogens with zero attached hydrogens (tertiary/aromatic N) is 2. The summed E-state index contributed by atoms with van der Waals surface area (Å²) < 4.78 is 26.9. The number of carbonyl (C=O) groups is 1. The Morgan fingerprint density at radius 2 is 1.67 bits per heavy atom. The second-order valence-electron chi connectivity index (χ2n) is 6.55. The van der Waals surface area contributed by atoms with Crippen LogP contribution in [0.1, 0.15) is 11.1 Å². The number of sulfonamides is 1. The highest BCUT2D eigenvalue weighted by molar-refractivity contribution is 9.10. The number of likely N-dealkylation sites (N-methyl/N-ethyl adjacent to an activating group) is 1. The first-order valence-corrected chi connectivity index (χ1v) is 10.6. The van der Waals surface area contributed by atoms with Gasteiger partial charge in [-0.3, -0.25) is 4.79 Å². The van der Waals surface area contributed by atoms with E-state index in [1.54, 1.807) is 12.1 Å². The van der Waals surface area contributed by atoms with Crippen LogP contribution in [-0.4, -0.2) is 51.2 Å². The van der Waals surface area contributed by atoms with Crippen LogP contribution in [-0.2, 0) is 27.9 Å². The Hall–Kier alpha value is -1.74. The average Bonchev–Trinajstić information content (AvgIpc) is 2.60. The summed E-state index contributed by atoms with van der Waals surface area (Å²) in [5.74, 6) is -0.351. The normalized spacial score (nSPS) is 11.8. The third-order valence-electron chi connectivity index (χ3n) is 3.87. The summed E-state index contributed by atoms with van der Waals surface area (Å²) in [6, 6.07) is 14.3. The molecule has 0 heterocycles. The number of amides is 1. The fourth-order valence-corrected chi connectivity index (χ4v) is 3.92. The molecule has 0 unspecified atom stereocenters. The lowest BCUT2D eigenvalue weighted by Gasteiger charge is -2.17. The lowest BCUT2D eigenvalue weighted by Crippen LogP contribution is -2.38. The summed E-state index contributed by atoms with van der Waals surface area (Å²) in [5, 5.41) is 2.78. The van der Waals surface area contributed by atoms with E-state index in [0.717, 1.165) is 26.4 Å². The number of carbonyl (C=O) groups excluding carboxylic acids is 1. The van der Waals surface area contributed by atoms with Crippen molar-refractivity contribution >= 4 is 31.9 Å². The van der Waals surface area contributed by atoms with Crippen LogP contribution in [0.25, 0.3) is 0 Å². The third-order valence-corrected chi connectivity index (χ3v) is 6.21. The molecule has 0 radical (unpaired) electrons. The number of rotatable bonds is 8. The van der Waals surface area contributed by atoms with E-state index >= 15 is 0 Å². The molecule has 0 spiro atoms. The number of hydrogen-bond acceptors (Lipinski definition) is 4. The maximum atomic E-state index is 12.5. The molecule has 1 amide bonds. The Balaban J connectivity index is 1.94. The molecule has 0 aliphatic rings. The van der Waals surface area contributed by atoms with E-state index in [2.05, 4.69) is 26.1 Å². The van der Waals surface area contributed by atoms with Crippen LogP contribution in [0.15, 0.2) is 57.9 Å². The average molecular weight is 454 g/mol. The maximum Gasteiger partial charge on any atom is 0.243 e. The molecular weight excluding hydrogens is 430 g/mol. The van der Waals surface area contributed by atoms with E-state index in [1.807, 2.05) is 38.4 Å². The van der Waals surface area contributed by atoms with Crippen LogP contribution in [0.2, 0.25) is 0 Å². The molecule has 2 rings (SSSR count). The van der Waals surface area contributed by atoms with E-state index in [-0.39, 0.29) is 17.3 Å². The van der Waals surface area contributed by atoms with E-state index in [4.69, 9.17) is 0 Å². The molecule has 27 heavy (non-hydrogen) atoms. The van der Waals surface area contributed by atoms with Gasteiger partial charge in [0.2, 0.25) is 15.9 Å². The molecule has 2 aromatic carbocycles. The second kappa shape index (κ2) is 9.45. The van der Waals surface area contributed by atoms with Gasteiger partial charge in [0.05, 0.1) is 11.4 Å². The number of halogens is 1. The van der Waals surface area contributed by atoms with Gasteiger partial charge in [-0.05, 0) is 49.5 Å². The van der Waals surface area contributed by atoms with E-state index in [1.165, 1.54) is 19.2 Å². The van der Waals surface area contributed by atoms with Crippen molar-refractivity contribution in [1.29, 1.82) is 0 Å². The fraction of sp³-hybridized carbons (Fsp3) is 0.316. The molecule has 0 aliphatic heterocycles. The van der Waals surface area contributed by atoms with Gasteiger partial charge in [0.1, 0.15) is 0 Å². The van der Waals surface area contributed by atoms with Gasteiger partial charge in [-0.25, -0.2) is 8.42 Å². The molecule has 6 nitrogen and oxygen atoms in total. The van der Waals surface area contributed by atoms with Crippen molar-refractivity contribution in [3.8, 4) is 0 Å². The zero-order valence-corrected chi connectivity index (χ0v) is 18.0. The Kier molecular flexibility index (Phi) is 7.55. The van der Waals surface area contributed by atoms with Crippen LogP contribution in [0, 0.1) is 0 Å². The molecule has 0 fully saturated rings. The summed E-state index contributed by atoms with van der Waals surface area (Å²) in [6.07, 6.45) is 0. The standard InChI is InChI=1S/C19H24BrN3O3S/c1-22(2)13-16-6-4-5-15(11-16)12-21-19(24)14-23(3)27(25,26)18-9-7-17(20)8-10-18/h4-11H,12-14H2,1-3H3,(H,21,24). The van der Waals surface area contributed by atoms with Crippen molar-refractivity contribution < 1.29 is 13.2 Å². The molecule has 1 N–H and O–H groups in total. The highest BCUT2D eigenvalue weighted by atomic mass is 79.9. The Labute approximate surface area is 169 Å². The van der Waals surface area contributed by atoms with Gasteiger partial charge >= 0.3 is 0 Å². The minimum absolute atomic E-state index is 0.150. The molecular formula is C19H24BrN3O3S. The molecule has 8 heteroatoms. The van der Waals surface area contributed by atoms with Crippen LogP contribution in [0.4, 0.5) is 0 Å². The SMILES string of the molecule is CN(C)Cc1cccc(CNC(=O)CN(C)S(=O)(=O)c2ccc(Br)cc2)c1. The van der Waals surface area contributed by atoms with Crippen molar-refractivity contribution in [1.82, 2.24) is 14.5 Å². The highest BCUT2D eigenvalue weighted by Gasteiger charge is 2.22. The van der Waals surface area contributed by atoms with Crippen molar-refractivity contribution in [2.24, 2.45) is 0 Å². The quantitative estimate of drug-likeness (QED) is 0.666. The minimum Gasteiger partial charge on any atom is -0.351 e. The van der Waals surface area contributed by atoms with E-state index in [0.29, 0.717) is 6.54 Å². The summed E-state index contributed by atoms with van der Waals surface area (Å²) in [7, 11) is 1.68. The Bertz CT molecular complexity index is 883. The van der Waals surface area contributed by atoms with Crippen molar-refractivity contribution in [3.05, 3.63) is 64.1 Å². The highest BCUT2D eigenvalue weighted by Crippen LogP contribution is 2.17. The largest absolute Gasteiger partial charge is 0.351 e. The smallest absolute Gasteiger partial charge is 0.243 e. The van der Waals surface area contributed by atoms with Crippen molar-refractivity contribution in [3.63, 3.8) is 0 Å². The first kappa shape index (κ1) is 21.6. The molecule has 0 aliphatic carbocycles. The number of hydrogen-bond donors (Lipinski definition) is 1. The predicted molar refractivity (Wildman–Crippen MR) is 110 cm³/mol. The Morgan fingerprint density at radius 1 is 1.04 bits per heavy atom. The lowest BCUT2D eigenvalue weighted by atomic mass is 10.1. The topological polar surface area (TPSA) is 69.7 Å². The van der Waals surface area contributed by atoms with Gasteiger partial charge in [-0.15, -0.1) is 0 Å². The van der Waals surface area contributed by atoms with Crippen molar-refractivity contribution in [2.75, 3.05) is 27.7 Å². The van der Waals surface area contributed by atoms with Gasteiger partial charge in [0.25, 0.3) is 0 Å². The summed E-state index contributed by atoms with van der Waals surface area (Å²) >= 11 is 3.28. The maximum absolute atomic E-state index is 12.5. The van der Waals surface area contributed by atoms with E-state index < -0.39 is 10.0 Å². The van der Waals surface area contributed by atoms with E-state index in [9.17, 15) is 13.2 Å². The van der Waals surface area contributed by atoms with Gasteiger partial charge in [-0.2, -0.15) is 4.31 Å². The predicted octanol–water partition coefficient (Wildman–Crippen LogP) is 2.45. The summed E-state index contributed by atoms with van der Waals surface area (Å²) in [5.41, 5.74) is 2.13. The second-order valence-corrected chi connectivity index (χ2v) is 9.51. The molecule has 2 aromatic rings. The molecule has 0 atom stereocenters. The zero-order valence-electron chi connectivity index (χ0n) is 15.6. The summed E-state index contributed by atoms with van der Waals surface area (Å²) in [6.45, 7) is 0.929. The fourth-order valence-electron chi connectivity index (χ4n) is 2.53. The molecule has 0 aromatic heterocycles. The summed E-state index contributed by atoms with van der Waals surface area (Å²) in [4.78, 5) is 14.4. The zero-order chi connectivity index (χ0) is 20.0. The van der Waals surface area contributed by atoms with Crippen LogP contribution < -0.4 is 5.32 Å². The molecule has 0 saturated heterocycles. The first-order chi connectivity index (χ1) is 12.7. The van der Waals surface area contributed by atoms with Gasteiger partial charge in [-0.1, -0.05) is 40.2 Å². The number of benzene rings is 2. The minimum atomic E-state index is -3.71. The lowest BCUT2D eigenvalue weighted by molar-refractivity contribution is -0.121. The van der Waals surface area contributed by atoms with Gasteiger partial charge < -0.3 is 10.2 Å². The van der Waals surface area contributed by atoms with Crippen LogP contribution in [0.5, 0.6) is 0 Å². The molecule has 0 bridgehead atoms. The van der Waals surface area contributed by atoms with Crippen molar-refractivity contribution in [2.45, 2.75) is 18.0 Å². The monoisotopic (exact) mass is 453 g/mol. The first-order valence-electron chi connectivity index (χ1n) is 8.39.